The molecular weight excluding hydrogens is 246 g/mol. The largest absolute Gasteiger partial charge is 0.383 e. The number of hydrogen-bond acceptors (Lipinski definition) is 2. The Hall–Kier alpha value is -1.35. The molecule has 2 atom stereocenters. The van der Waals surface area contributed by atoms with E-state index in [4.69, 9.17) is 17.3 Å². The van der Waals surface area contributed by atoms with Crippen molar-refractivity contribution in [3.05, 3.63) is 70.7 Å². The highest BCUT2D eigenvalue weighted by Gasteiger charge is 2.31. The van der Waals surface area contributed by atoms with E-state index >= 15 is 0 Å². The summed E-state index contributed by atoms with van der Waals surface area (Å²) in [6, 6.07) is 16.2. The van der Waals surface area contributed by atoms with Crippen LogP contribution < -0.4 is 5.73 Å². The molecule has 0 fully saturated rings. The van der Waals surface area contributed by atoms with Gasteiger partial charge in [0.15, 0.2) is 0 Å². The molecule has 0 aromatic heterocycles. The van der Waals surface area contributed by atoms with Crippen molar-refractivity contribution in [2.45, 2.75) is 18.6 Å². The lowest BCUT2D eigenvalue weighted by Crippen LogP contribution is -2.35. The van der Waals surface area contributed by atoms with E-state index in [-0.39, 0.29) is 0 Å². The summed E-state index contributed by atoms with van der Waals surface area (Å²) in [6.07, 6.45) is 0. The van der Waals surface area contributed by atoms with Gasteiger partial charge in [0.2, 0.25) is 0 Å². The van der Waals surface area contributed by atoms with Crippen LogP contribution in [-0.2, 0) is 5.60 Å². The van der Waals surface area contributed by atoms with Crippen molar-refractivity contribution in [3.8, 4) is 0 Å². The first-order chi connectivity index (χ1) is 8.51. The van der Waals surface area contributed by atoms with E-state index in [2.05, 4.69) is 0 Å². The van der Waals surface area contributed by atoms with Crippen molar-refractivity contribution in [3.63, 3.8) is 0 Å². The maximum Gasteiger partial charge on any atom is 0.106 e. The van der Waals surface area contributed by atoms with Crippen molar-refractivity contribution in [2.24, 2.45) is 5.73 Å². The normalized spacial score (nSPS) is 16.0. The first-order valence-electron chi connectivity index (χ1n) is 5.81. The van der Waals surface area contributed by atoms with Crippen LogP contribution >= 0.6 is 11.6 Å². The summed E-state index contributed by atoms with van der Waals surface area (Å²) in [5.41, 5.74) is 6.70. The summed E-state index contributed by atoms with van der Waals surface area (Å²) in [4.78, 5) is 0. The molecule has 0 bridgehead atoms. The molecule has 94 valence electrons. The summed E-state index contributed by atoms with van der Waals surface area (Å²) in [6.45, 7) is 1.72. The van der Waals surface area contributed by atoms with E-state index in [0.717, 1.165) is 11.1 Å². The molecule has 0 amide bonds. The summed E-state index contributed by atoms with van der Waals surface area (Å²) < 4.78 is 0. The number of benzene rings is 2. The van der Waals surface area contributed by atoms with E-state index in [1.54, 1.807) is 19.1 Å². The van der Waals surface area contributed by atoms with Crippen molar-refractivity contribution in [1.82, 2.24) is 0 Å². The molecule has 0 aliphatic heterocycles. The van der Waals surface area contributed by atoms with Crippen LogP contribution in [0, 0.1) is 0 Å². The molecule has 2 rings (SSSR count). The fourth-order valence-corrected chi connectivity index (χ4v) is 2.08. The molecule has 0 radical (unpaired) electrons. The van der Waals surface area contributed by atoms with Crippen LogP contribution in [0.2, 0.25) is 5.02 Å². The standard InChI is InChI=1S/C15H16ClNO/c1-15(18,12-5-3-2-4-6-12)14(17)11-7-9-13(16)10-8-11/h2-10,14,18H,17H2,1H3. The minimum atomic E-state index is -1.12. The minimum absolute atomic E-state index is 0.503. The number of halogens is 1. The smallest absolute Gasteiger partial charge is 0.106 e. The second kappa shape index (κ2) is 5.11. The highest BCUT2D eigenvalue weighted by atomic mass is 35.5. The van der Waals surface area contributed by atoms with Crippen molar-refractivity contribution in [2.75, 3.05) is 0 Å². The number of rotatable bonds is 3. The quantitative estimate of drug-likeness (QED) is 0.891. The number of hydrogen-bond donors (Lipinski definition) is 2. The van der Waals surface area contributed by atoms with Crippen molar-refractivity contribution >= 4 is 11.6 Å². The Labute approximate surface area is 112 Å². The maximum absolute atomic E-state index is 10.6. The molecule has 2 unspecified atom stereocenters. The molecular formula is C15H16ClNO. The van der Waals surface area contributed by atoms with Crippen LogP contribution in [0.5, 0.6) is 0 Å². The third-order valence-electron chi connectivity index (χ3n) is 3.19. The molecule has 0 aliphatic rings. The van der Waals surface area contributed by atoms with Gasteiger partial charge in [0.1, 0.15) is 5.60 Å². The predicted molar refractivity (Wildman–Crippen MR) is 74.4 cm³/mol. The summed E-state index contributed by atoms with van der Waals surface area (Å²) >= 11 is 5.84. The van der Waals surface area contributed by atoms with Crippen LogP contribution in [0.1, 0.15) is 24.1 Å². The molecule has 18 heavy (non-hydrogen) atoms. The fraction of sp³-hybridized carbons (Fsp3) is 0.200. The van der Waals surface area contributed by atoms with Gasteiger partial charge in [-0.3, -0.25) is 0 Å². The van der Waals surface area contributed by atoms with Gasteiger partial charge in [0.05, 0.1) is 6.04 Å². The van der Waals surface area contributed by atoms with Gasteiger partial charge in [-0.15, -0.1) is 0 Å². The lowest BCUT2D eigenvalue weighted by molar-refractivity contribution is 0.0282. The molecule has 0 spiro atoms. The van der Waals surface area contributed by atoms with Crippen LogP contribution in [0.15, 0.2) is 54.6 Å². The number of aliphatic hydroxyl groups is 1. The molecule has 0 saturated carbocycles. The fourth-order valence-electron chi connectivity index (χ4n) is 1.95. The minimum Gasteiger partial charge on any atom is -0.383 e. The van der Waals surface area contributed by atoms with Crippen molar-refractivity contribution in [1.29, 1.82) is 0 Å². The zero-order valence-corrected chi connectivity index (χ0v) is 10.9. The van der Waals surface area contributed by atoms with Gasteiger partial charge in [-0.1, -0.05) is 54.1 Å². The lowest BCUT2D eigenvalue weighted by atomic mass is 9.85. The van der Waals surface area contributed by atoms with E-state index in [1.165, 1.54) is 0 Å². The van der Waals surface area contributed by atoms with Gasteiger partial charge in [0, 0.05) is 5.02 Å². The molecule has 0 aliphatic carbocycles. The second-order valence-electron chi connectivity index (χ2n) is 4.54. The Bertz CT molecular complexity index is 508. The van der Waals surface area contributed by atoms with Gasteiger partial charge < -0.3 is 10.8 Å². The van der Waals surface area contributed by atoms with Crippen LogP contribution in [0.3, 0.4) is 0 Å². The maximum atomic E-state index is 10.6. The summed E-state index contributed by atoms with van der Waals surface area (Å²) in [7, 11) is 0. The average Bonchev–Trinajstić information content (AvgIpc) is 2.40. The van der Waals surface area contributed by atoms with E-state index in [1.807, 2.05) is 42.5 Å². The Balaban J connectivity index is 2.32. The first kappa shape index (κ1) is 13.1. The zero-order chi connectivity index (χ0) is 13.2. The predicted octanol–water partition coefficient (Wildman–Crippen LogP) is 3.25. The molecule has 2 aromatic carbocycles. The Morgan fingerprint density at radius 2 is 1.61 bits per heavy atom. The SMILES string of the molecule is CC(O)(c1ccccc1)C(N)c1ccc(Cl)cc1. The van der Waals surface area contributed by atoms with E-state index < -0.39 is 11.6 Å². The molecule has 0 saturated heterocycles. The van der Waals surface area contributed by atoms with Crippen LogP contribution in [0.25, 0.3) is 0 Å². The van der Waals surface area contributed by atoms with Gasteiger partial charge in [-0.05, 0) is 30.2 Å². The van der Waals surface area contributed by atoms with Gasteiger partial charge >= 0.3 is 0 Å². The molecule has 3 N–H and O–H groups in total. The van der Waals surface area contributed by atoms with Crippen molar-refractivity contribution < 1.29 is 5.11 Å². The highest BCUT2D eigenvalue weighted by Crippen LogP contribution is 2.33. The number of nitrogens with two attached hydrogens (primary N) is 1. The van der Waals surface area contributed by atoms with Crippen LogP contribution in [0.4, 0.5) is 0 Å². The van der Waals surface area contributed by atoms with Gasteiger partial charge in [-0.2, -0.15) is 0 Å². The summed E-state index contributed by atoms with van der Waals surface area (Å²) in [5, 5.41) is 11.3. The average molecular weight is 262 g/mol. The highest BCUT2D eigenvalue weighted by molar-refractivity contribution is 6.30. The molecule has 2 nitrogen and oxygen atoms in total. The van der Waals surface area contributed by atoms with E-state index in [9.17, 15) is 5.11 Å². The first-order valence-corrected chi connectivity index (χ1v) is 6.18. The molecule has 2 aromatic rings. The van der Waals surface area contributed by atoms with Gasteiger partial charge in [0.25, 0.3) is 0 Å². The third-order valence-corrected chi connectivity index (χ3v) is 3.44. The molecule has 3 heteroatoms. The topological polar surface area (TPSA) is 46.2 Å². The Morgan fingerprint density at radius 3 is 2.17 bits per heavy atom. The Kier molecular flexibility index (Phi) is 3.71. The van der Waals surface area contributed by atoms with Gasteiger partial charge in [-0.25, -0.2) is 0 Å². The van der Waals surface area contributed by atoms with E-state index in [0.29, 0.717) is 5.02 Å². The second-order valence-corrected chi connectivity index (χ2v) is 4.98. The summed E-state index contributed by atoms with van der Waals surface area (Å²) in [5.74, 6) is 0. The lowest BCUT2D eigenvalue weighted by Gasteiger charge is -2.31. The molecule has 0 heterocycles. The monoisotopic (exact) mass is 261 g/mol. The zero-order valence-electron chi connectivity index (χ0n) is 10.2. The third kappa shape index (κ3) is 2.56. The Morgan fingerprint density at radius 1 is 1.06 bits per heavy atom. The van der Waals surface area contributed by atoms with Crippen LogP contribution in [-0.4, -0.2) is 5.11 Å².